The van der Waals surface area contributed by atoms with E-state index in [1.54, 1.807) is 12.1 Å². The number of nitrogens with zero attached hydrogens (tertiary/aromatic N) is 2. The number of carboxylic acids is 1. The minimum atomic E-state index is -0.900. The number of halogens is 1. The first-order valence-electron chi connectivity index (χ1n) is 8.93. The van der Waals surface area contributed by atoms with Crippen LogP contribution in [0.25, 0.3) is 11.4 Å². The lowest BCUT2D eigenvalue weighted by atomic mass is 9.97. The second-order valence-electron chi connectivity index (χ2n) is 6.84. The first-order chi connectivity index (χ1) is 12.8. The Morgan fingerprint density at radius 3 is 2.59 bits per heavy atom. The van der Waals surface area contributed by atoms with E-state index in [0.29, 0.717) is 36.5 Å². The molecule has 2 N–H and O–H groups in total. The van der Waals surface area contributed by atoms with Crippen LogP contribution in [-0.2, 0) is 16.0 Å². The summed E-state index contributed by atoms with van der Waals surface area (Å²) in [5.41, 5.74) is 0.647. The highest BCUT2D eigenvalue weighted by molar-refractivity contribution is 5.77. The van der Waals surface area contributed by atoms with Crippen LogP contribution >= 0.6 is 0 Å². The van der Waals surface area contributed by atoms with Crippen molar-refractivity contribution in [2.24, 2.45) is 11.8 Å². The van der Waals surface area contributed by atoms with Gasteiger partial charge in [-0.2, -0.15) is 4.98 Å². The number of carboxylic acid groups (broad SMARTS) is 1. The van der Waals surface area contributed by atoms with Crippen LogP contribution in [-0.4, -0.2) is 33.7 Å². The van der Waals surface area contributed by atoms with E-state index in [1.165, 1.54) is 12.1 Å². The van der Waals surface area contributed by atoms with Gasteiger partial charge in [0, 0.05) is 24.9 Å². The smallest absolute Gasteiger partial charge is 0.308 e. The van der Waals surface area contributed by atoms with Gasteiger partial charge in [0.2, 0.25) is 17.6 Å². The summed E-state index contributed by atoms with van der Waals surface area (Å²) in [5.74, 6) is -1.02. The number of hydrogen-bond donors (Lipinski definition) is 2. The van der Waals surface area contributed by atoms with Gasteiger partial charge in [-0.25, -0.2) is 4.39 Å². The average molecular weight is 377 g/mol. The van der Waals surface area contributed by atoms with Gasteiger partial charge in [0.05, 0.1) is 5.92 Å². The molecule has 0 aliphatic carbocycles. The standard InChI is InChI=1S/C19H24FN3O4/c1-12(2)10-14(19(25)26)11-21-16(24)4-3-5-17-22-18(23-27-17)13-6-8-15(20)9-7-13/h6-9,12,14H,3-5,10-11H2,1-2H3,(H,21,24)(H,25,26). The van der Waals surface area contributed by atoms with Crippen molar-refractivity contribution >= 4 is 11.9 Å². The van der Waals surface area contributed by atoms with Gasteiger partial charge in [-0.15, -0.1) is 0 Å². The number of benzene rings is 1. The van der Waals surface area contributed by atoms with E-state index in [9.17, 15) is 19.1 Å². The molecule has 1 unspecified atom stereocenters. The number of carbonyl (C=O) groups excluding carboxylic acids is 1. The third-order valence-corrected chi connectivity index (χ3v) is 4.02. The van der Waals surface area contributed by atoms with Crippen LogP contribution in [0.4, 0.5) is 4.39 Å². The van der Waals surface area contributed by atoms with Crippen molar-refractivity contribution in [3.63, 3.8) is 0 Å². The Hall–Kier alpha value is -2.77. The van der Waals surface area contributed by atoms with E-state index in [4.69, 9.17) is 4.52 Å². The molecule has 0 bridgehead atoms. The van der Waals surface area contributed by atoms with Gasteiger partial charge in [-0.1, -0.05) is 19.0 Å². The van der Waals surface area contributed by atoms with E-state index in [0.717, 1.165) is 0 Å². The molecule has 27 heavy (non-hydrogen) atoms. The molecule has 0 fully saturated rings. The molecular formula is C19H24FN3O4. The number of carbonyl (C=O) groups is 2. The number of rotatable bonds is 10. The molecular weight excluding hydrogens is 353 g/mol. The summed E-state index contributed by atoms with van der Waals surface area (Å²) in [6.45, 7) is 4.02. The predicted octanol–water partition coefficient (Wildman–Crippen LogP) is 3.06. The maximum Gasteiger partial charge on any atom is 0.308 e. The normalized spacial score (nSPS) is 12.1. The highest BCUT2D eigenvalue weighted by Crippen LogP contribution is 2.17. The molecule has 0 spiro atoms. The Bertz CT molecular complexity index is 759. The molecule has 1 aromatic heterocycles. The SMILES string of the molecule is CC(C)CC(CNC(=O)CCCc1nc(-c2ccc(F)cc2)no1)C(=O)O. The number of aromatic nitrogens is 2. The highest BCUT2D eigenvalue weighted by Gasteiger charge is 2.19. The first kappa shape index (κ1) is 20.5. The van der Waals surface area contributed by atoms with E-state index in [-0.39, 0.29) is 30.6 Å². The van der Waals surface area contributed by atoms with Crippen molar-refractivity contribution in [3.8, 4) is 11.4 Å². The number of amides is 1. The number of aryl methyl sites for hydroxylation is 1. The summed E-state index contributed by atoms with van der Waals surface area (Å²) in [7, 11) is 0. The van der Waals surface area contributed by atoms with Crippen LogP contribution in [0.3, 0.4) is 0 Å². The van der Waals surface area contributed by atoms with Gasteiger partial charge in [-0.3, -0.25) is 9.59 Å². The van der Waals surface area contributed by atoms with Crippen molar-refractivity contribution < 1.29 is 23.6 Å². The van der Waals surface area contributed by atoms with Gasteiger partial charge in [-0.05, 0) is 43.0 Å². The first-order valence-corrected chi connectivity index (χ1v) is 8.93. The van der Waals surface area contributed by atoms with Crippen LogP contribution in [0, 0.1) is 17.7 Å². The number of hydrogen-bond acceptors (Lipinski definition) is 5. The molecule has 0 saturated carbocycles. The van der Waals surface area contributed by atoms with E-state index < -0.39 is 11.9 Å². The van der Waals surface area contributed by atoms with E-state index in [2.05, 4.69) is 15.5 Å². The molecule has 0 saturated heterocycles. The quantitative estimate of drug-likeness (QED) is 0.659. The van der Waals surface area contributed by atoms with Crippen molar-refractivity contribution in [1.29, 1.82) is 0 Å². The summed E-state index contributed by atoms with van der Waals surface area (Å²) in [6.07, 6.45) is 1.68. The highest BCUT2D eigenvalue weighted by atomic mass is 19.1. The Morgan fingerprint density at radius 2 is 1.96 bits per heavy atom. The van der Waals surface area contributed by atoms with Gasteiger partial charge in [0.15, 0.2) is 0 Å². The molecule has 0 aliphatic rings. The second-order valence-corrected chi connectivity index (χ2v) is 6.84. The van der Waals surface area contributed by atoms with Gasteiger partial charge < -0.3 is 14.9 Å². The zero-order valence-corrected chi connectivity index (χ0v) is 15.4. The summed E-state index contributed by atoms with van der Waals surface area (Å²) < 4.78 is 18.1. The molecule has 1 aromatic carbocycles. The second kappa shape index (κ2) is 9.80. The lowest BCUT2D eigenvalue weighted by Gasteiger charge is -2.15. The maximum atomic E-state index is 12.9. The van der Waals surface area contributed by atoms with Crippen LogP contribution < -0.4 is 5.32 Å². The monoisotopic (exact) mass is 377 g/mol. The van der Waals surface area contributed by atoms with Crippen molar-refractivity contribution in [2.75, 3.05) is 6.54 Å². The summed E-state index contributed by atoms with van der Waals surface area (Å²) >= 11 is 0. The molecule has 8 heteroatoms. The Kier molecular flexibility index (Phi) is 7.45. The lowest BCUT2D eigenvalue weighted by Crippen LogP contribution is -2.33. The molecule has 7 nitrogen and oxygen atoms in total. The zero-order chi connectivity index (χ0) is 19.8. The topological polar surface area (TPSA) is 105 Å². The fourth-order valence-electron chi connectivity index (χ4n) is 2.64. The summed E-state index contributed by atoms with van der Waals surface area (Å²) in [6, 6.07) is 5.76. The molecule has 1 amide bonds. The van der Waals surface area contributed by atoms with Crippen LogP contribution in [0.5, 0.6) is 0 Å². The third kappa shape index (κ3) is 6.80. The molecule has 146 valence electrons. The molecule has 2 aromatic rings. The lowest BCUT2D eigenvalue weighted by molar-refractivity contribution is -0.142. The zero-order valence-electron chi connectivity index (χ0n) is 15.4. The van der Waals surface area contributed by atoms with Crippen LogP contribution in [0.2, 0.25) is 0 Å². The van der Waals surface area contributed by atoms with E-state index >= 15 is 0 Å². The molecule has 2 rings (SSSR count). The van der Waals surface area contributed by atoms with Crippen molar-refractivity contribution in [1.82, 2.24) is 15.5 Å². The predicted molar refractivity (Wildman–Crippen MR) is 96.2 cm³/mol. The Labute approximate surface area is 157 Å². The average Bonchev–Trinajstić information content (AvgIpc) is 3.07. The molecule has 0 aliphatic heterocycles. The van der Waals surface area contributed by atoms with E-state index in [1.807, 2.05) is 13.8 Å². The largest absolute Gasteiger partial charge is 0.481 e. The maximum absolute atomic E-state index is 12.9. The fourth-order valence-corrected chi connectivity index (χ4v) is 2.64. The number of nitrogens with one attached hydrogen (secondary N) is 1. The van der Waals surface area contributed by atoms with Gasteiger partial charge in [0.25, 0.3) is 0 Å². The van der Waals surface area contributed by atoms with Gasteiger partial charge >= 0.3 is 5.97 Å². The van der Waals surface area contributed by atoms with Crippen molar-refractivity contribution in [2.45, 2.75) is 39.5 Å². The summed E-state index contributed by atoms with van der Waals surface area (Å²) in [4.78, 5) is 27.3. The number of aliphatic carboxylic acids is 1. The van der Waals surface area contributed by atoms with Crippen LogP contribution in [0.1, 0.15) is 39.0 Å². The fraction of sp³-hybridized carbons (Fsp3) is 0.474. The van der Waals surface area contributed by atoms with Crippen LogP contribution in [0.15, 0.2) is 28.8 Å². The molecule has 0 radical (unpaired) electrons. The Balaban J connectivity index is 1.75. The minimum absolute atomic E-state index is 0.127. The molecule has 1 heterocycles. The Morgan fingerprint density at radius 1 is 1.26 bits per heavy atom. The third-order valence-electron chi connectivity index (χ3n) is 4.02. The minimum Gasteiger partial charge on any atom is -0.481 e. The van der Waals surface area contributed by atoms with Crippen molar-refractivity contribution in [3.05, 3.63) is 36.0 Å². The van der Waals surface area contributed by atoms with Gasteiger partial charge in [0.1, 0.15) is 5.82 Å². The summed E-state index contributed by atoms with van der Waals surface area (Å²) in [5, 5.41) is 15.7. The molecule has 1 atom stereocenters.